The molecule has 0 aliphatic rings. The van der Waals surface area contributed by atoms with Gasteiger partial charge in [0.05, 0.1) is 5.75 Å². The Kier molecular flexibility index (Phi) is 11.3. The summed E-state index contributed by atoms with van der Waals surface area (Å²) >= 11 is 0. The second-order valence-corrected chi connectivity index (χ2v) is 8.99. The lowest BCUT2D eigenvalue weighted by atomic mass is 10.1. The van der Waals surface area contributed by atoms with Crippen molar-refractivity contribution in [3.63, 3.8) is 0 Å². The van der Waals surface area contributed by atoms with Gasteiger partial charge in [0.2, 0.25) is 0 Å². The number of alkyl halides is 3. The van der Waals surface area contributed by atoms with Gasteiger partial charge in [-0.05, 0) is 13.3 Å². The molecular formula is C21H32F3NO3S. The molecule has 166 valence electrons. The van der Waals surface area contributed by atoms with Crippen molar-refractivity contribution in [2.75, 3.05) is 5.75 Å². The van der Waals surface area contributed by atoms with Crippen LogP contribution in [0.1, 0.15) is 82.3 Å². The second-order valence-electron chi connectivity index (χ2n) is 7.32. The van der Waals surface area contributed by atoms with E-state index < -0.39 is 22.0 Å². The van der Waals surface area contributed by atoms with Gasteiger partial charge in [0, 0.05) is 5.56 Å². The molecule has 1 aromatic carbocycles. The summed E-state index contributed by atoms with van der Waals surface area (Å²) in [6.45, 7) is 3.91. The fourth-order valence-electron chi connectivity index (χ4n) is 2.88. The monoisotopic (exact) mass is 435 g/mol. The number of benzene rings is 1. The highest BCUT2D eigenvalue weighted by Crippen LogP contribution is 2.23. The highest BCUT2D eigenvalue weighted by atomic mass is 32.2. The minimum Gasteiger partial charge on any atom is -0.268 e. The first-order chi connectivity index (χ1) is 13.7. The van der Waals surface area contributed by atoms with Crippen LogP contribution in [0.5, 0.6) is 0 Å². The highest BCUT2D eigenvalue weighted by molar-refractivity contribution is 7.86. The normalized spacial score (nSPS) is 12.9. The summed E-state index contributed by atoms with van der Waals surface area (Å²) in [6, 6.07) is 5.46. The second kappa shape index (κ2) is 12.9. The van der Waals surface area contributed by atoms with Crippen LogP contribution < -0.4 is 0 Å². The number of hydrogen-bond acceptors (Lipinski definition) is 4. The van der Waals surface area contributed by atoms with Crippen LogP contribution in [-0.2, 0) is 14.4 Å². The Bertz CT molecular complexity index is 714. The number of nitrogens with zero attached hydrogens (tertiary/aromatic N) is 1. The van der Waals surface area contributed by atoms with Crippen molar-refractivity contribution in [1.29, 1.82) is 0 Å². The third-order valence-corrected chi connectivity index (χ3v) is 5.67. The maximum atomic E-state index is 13.2. The standard InChI is InChI=1S/C21H32F3NO3S/c1-3-4-5-6-7-8-9-10-11-12-17-29(26,27)28-25-20(21(22,23)24)19-15-13-18(2)14-16-19/h13-16H,3-12,17H2,1-2H3/b25-20-. The molecule has 0 N–H and O–H groups in total. The average Bonchev–Trinajstić information content (AvgIpc) is 2.63. The van der Waals surface area contributed by atoms with Crippen molar-refractivity contribution in [1.82, 2.24) is 0 Å². The van der Waals surface area contributed by atoms with E-state index in [1.807, 2.05) is 0 Å². The lowest BCUT2D eigenvalue weighted by Crippen LogP contribution is -2.25. The Morgan fingerprint density at radius 3 is 1.86 bits per heavy atom. The van der Waals surface area contributed by atoms with Crippen LogP contribution in [0.15, 0.2) is 29.4 Å². The van der Waals surface area contributed by atoms with E-state index in [4.69, 9.17) is 0 Å². The van der Waals surface area contributed by atoms with E-state index in [9.17, 15) is 21.6 Å². The first-order valence-electron chi connectivity index (χ1n) is 10.3. The van der Waals surface area contributed by atoms with E-state index in [0.717, 1.165) is 24.8 Å². The molecule has 29 heavy (non-hydrogen) atoms. The number of halogens is 3. The van der Waals surface area contributed by atoms with E-state index in [0.29, 0.717) is 12.8 Å². The molecule has 0 amide bonds. The molecule has 0 aromatic heterocycles. The summed E-state index contributed by atoms with van der Waals surface area (Å²) in [5.41, 5.74) is -0.814. The number of hydrogen-bond donors (Lipinski definition) is 0. The van der Waals surface area contributed by atoms with E-state index in [2.05, 4.69) is 16.4 Å². The van der Waals surface area contributed by atoms with Crippen LogP contribution >= 0.6 is 0 Å². The molecular weight excluding hydrogens is 403 g/mol. The van der Waals surface area contributed by atoms with Crippen molar-refractivity contribution >= 4 is 15.8 Å². The van der Waals surface area contributed by atoms with Gasteiger partial charge in [0.1, 0.15) is 0 Å². The molecule has 1 aromatic rings. The quantitative estimate of drug-likeness (QED) is 0.190. The predicted octanol–water partition coefficient (Wildman–Crippen LogP) is 6.53. The van der Waals surface area contributed by atoms with Crippen molar-refractivity contribution in [3.05, 3.63) is 35.4 Å². The molecule has 0 fully saturated rings. The van der Waals surface area contributed by atoms with E-state index in [1.165, 1.54) is 56.4 Å². The Labute approximate surface area is 172 Å². The Balaban J connectivity index is 2.42. The molecule has 0 saturated heterocycles. The largest absolute Gasteiger partial charge is 0.437 e. The first kappa shape index (κ1) is 25.5. The lowest BCUT2D eigenvalue weighted by molar-refractivity contribution is -0.0597. The summed E-state index contributed by atoms with van der Waals surface area (Å²) in [5.74, 6) is -0.341. The van der Waals surface area contributed by atoms with Gasteiger partial charge < -0.3 is 0 Å². The zero-order chi connectivity index (χ0) is 21.8. The molecule has 0 atom stereocenters. The van der Waals surface area contributed by atoms with Gasteiger partial charge in [0.15, 0.2) is 5.71 Å². The van der Waals surface area contributed by atoms with Crippen LogP contribution in [0.2, 0.25) is 0 Å². The van der Waals surface area contributed by atoms with Crippen LogP contribution in [0.4, 0.5) is 13.2 Å². The van der Waals surface area contributed by atoms with Gasteiger partial charge >= 0.3 is 16.3 Å². The molecule has 0 aliphatic carbocycles. The van der Waals surface area contributed by atoms with Gasteiger partial charge in [-0.3, -0.25) is 4.28 Å². The van der Waals surface area contributed by atoms with Crippen LogP contribution in [0.3, 0.4) is 0 Å². The summed E-state index contributed by atoms with van der Waals surface area (Å²) in [7, 11) is -4.15. The van der Waals surface area contributed by atoms with Gasteiger partial charge in [-0.2, -0.15) is 21.6 Å². The van der Waals surface area contributed by atoms with Crippen molar-refractivity contribution < 1.29 is 25.9 Å². The van der Waals surface area contributed by atoms with Crippen molar-refractivity contribution in [2.45, 2.75) is 84.2 Å². The molecule has 0 radical (unpaired) electrons. The van der Waals surface area contributed by atoms with Crippen molar-refractivity contribution in [3.8, 4) is 0 Å². The third-order valence-electron chi connectivity index (χ3n) is 4.58. The van der Waals surface area contributed by atoms with Gasteiger partial charge in [-0.15, -0.1) is 0 Å². The smallest absolute Gasteiger partial charge is 0.268 e. The van der Waals surface area contributed by atoms with Crippen LogP contribution in [-0.4, -0.2) is 26.1 Å². The van der Waals surface area contributed by atoms with E-state index in [-0.39, 0.29) is 11.3 Å². The average molecular weight is 436 g/mol. The van der Waals surface area contributed by atoms with Crippen molar-refractivity contribution in [2.24, 2.45) is 5.16 Å². The molecule has 4 nitrogen and oxygen atoms in total. The zero-order valence-corrected chi connectivity index (χ0v) is 18.1. The Hall–Kier alpha value is -1.57. The molecule has 0 spiro atoms. The van der Waals surface area contributed by atoms with E-state index >= 15 is 0 Å². The fraction of sp³-hybridized carbons (Fsp3) is 0.667. The third kappa shape index (κ3) is 11.3. The zero-order valence-electron chi connectivity index (χ0n) is 17.3. The van der Waals surface area contributed by atoms with Gasteiger partial charge in [-0.25, -0.2) is 0 Å². The summed E-state index contributed by atoms with van der Waals surface area (Å²) in [6.07, 6.45) is 5.47. The lowest BCUT2D eigenvalue weighted by Gasteiger charge is -2.10. The Morgan fingerprint density at radius 2 is 1.38 bits per heavy atom. The maximum absolute atomic E-state index is 13.2. The van der Waals surface area contributed by atoms with Crippen LogP contribution in [0.25, 0.3) is 0 Å². The topological polar surface area (TPSA) is 55.7 Å². The highest BCUT2D eigenvalue weighted by Gasteiger charge is 2.38. The molecule has 1 rings (SSSR count). The molecule has 0 aliphatic heterocycles. The van der Waals surface area contributed by atoms with Gasteiger partial charge in [-0.1, -0.05) is 99.7 Å². The number of oxime groups is 1. The molecule has 0 heterocycles. The molecule has 0 bridgehead atoms. The number of unbranched alkanes of at least 4 members (excludes halogenated alkanes) is 9. The maximum Gasteiger partial charge on any atom is 0.437 e. The number of aryl methyl sites for hydroxylation is 1. The minimum atomic E-state index is -4.82. The fourth-order valence-corrected chi connectivity index (χ4v) is 3.70. The number of rotatable bonds is 14. The van der Waals surface area contributed by atoms with Crippen LogP contribution in [0, 0.1) is 6.92 Å². The summed E-state index contributed by atoms with van der Waals surface area (Å²) in [5, 5.41) is 2.93. The minimum absolute atomic E-state index is 0.239. The predicted molar refractivity (Wildman–Crippen MR) is 110 cm³/mol. The first-order valence-corrected chi connectivity index (χ1v) is 11.9. The van der Waals surface area contributed by atoms with E-state index in [1.54, 1.807) is 6.92 Å². The SMILES string of the molecule is CCCCCCCCCCCCS(=O)(=O)O/N=C(/c1ccc(C)cc1)C(F)(F)F. The molecule has 8 heteroatoms. The summed E-state index contributed by atoms with van der Waals surface area (Å²) in [4.78, 5) is 0. The summed E-state index contributed by atoms with van der Waals surface area (Å²) < 4.78 is 67.7. The van der Waals surface area contributed by atoms with Gasteiger partial charge in [0.25, 0.3) is 0 Å². The molecule has 0 saturated carbocycles. The molecule has 0 unspecified atom stereocenters. The Morgan fingerprint density at radius 1 is 0.897 bits per heavy atom.